The zero-order chi connectivity index (χ0) is 12.9. The molecule has 18 heavy (non-hydrogen) atoms. The molecule has 2 saturated carbocycles. The minimum atomic E-state index is 0.187. The predicted octanol–water partition coefficient (Wildman–Crippen LogP) is 2.70. The van der Waals surface area contributed by atoms with Crippen molar-refractivity contribution in [3.05, 3.63) is 11.9 Å². The molecule has 2 unspecified atom stereocenters. The van der Waals surface area contributed by atoms with Crippen molar-refractivity contribution < 1.29 is 9.53 Å². The van der Waals surface area contributed by atoms with E-state index in [0.717, 1.165) is 0 Å². The van der Waals surface area contributed by atoms with Crippen molar-refractivity contribution >= 4 is 5.78 Å². The van der Waals surface area contributed by atoms with Crippen molar-refractivity contribution in [1.82, 2.24) is 9.78 Å². The van der Waals surface area contributed by atoms with Crippen LogP contribution in [0, 0.1) is 17.8 Å². The van der Waals surface area contributed by atoms with Gasteiger partial charge in [-0.1, -0.05) is 6.42 Å². The summed E-state index contributed by atoms with van der Waals surface area (Å²) in [6.45, 7) is 4.08. The molecule has 1 aromatic heterocycles. The van der Waals surface area contributed by atoms with Crippen LogP contribution in [0.5, 0.6) is 5.75 Å². The number of carbonyl (C=O) groups excluding carboxylic acids is 1. The number of carbonyl (C=O) groups is 1. The quantitative estimate of drug-likeness (QED) is 0.769. The normalized spacial score (nSPS) is 29.4. The van der Waals surface area contributed by atoms with Gasteiger partial charge >= 0.3 is 0 Å². The zero-order valence-electron chi connectivity index (χ0n) is 11.2. The third-order valence-corrected chi connectivity index (χ3v) is 4.41. The van der Waals surface area contributed by atoms with Crippen LogP contribution in [0.15, 0.2) is 6.20 Å². The molecule has 2 aliphatic carbocycles. The molecule has 3 rings (SSSR count). The minimum Gasteiger partial charge on any atom is -0.493 e. The van der Waals surface area contributed by atoms with Crippen LogP contribution in [-0.4, -0.2) is 22.7 Å². The van der Waals surface area contributed by atoms with E-state index in [1.54, 1.807) is 18.0 Å². The molecule has 0 saturated heterocycles. The topological polar surface area (TPSA) is 44.1 Å². The molecule has 1 heterocycles. The summed E-state index contributed by atoms with van der Waals surface area (Å²) in [4.78, 5) is 12.6. The molecule has 0 N–H and O–H groups in total. The maximum absolute atomic E-state index is 12.6. The average Bonchev–Trinajstić information content (AvgIpc) is 2.77. The van der Waals surface area contributed by atoms with Gasteiger partial charge in [-0.15, -0.1) is 0 Å². The summed E-state index contributed by atoms with van der Waals surface area (Å²) < 4.78 is 7.09. The Morgan fingerprint density at radius 3 is 2.67 bits per heavy atom. The number of Topliss-reactive ketones (excluding diaryl/α,β-unsaturated/α-hetero) is 1. The molecule has 0 bridgehead atoms. The number of methoxy groups -OCH3 is 1. The van der Waals surface area contributed by atoms with Crippen LogP contribution in [0.2, 0.25) is 0 Å². The van der Waals surface area contributed by atoms with E-state index in [4.69, 9.17) is 4.74 Å². The molecule has 2 atom stereocenters. The lowest BCUT2D eigenvalue weighted by Gasteiger charge is -2.12. The summed E-state index contributed by atoms with van der Waals surface area (Å²) in [5.74, 6) is 2.38. The standard InChI is InChI=1S/C14H20N2O2/c1-8(2)16-13(11(18-3)7-15-16)14(17)12-9-5-4-6-10(9)12/h7-10,12H,4-6H2,1-3H3. The van der Waals surface area contributed by atoms with Crippen LogP contribution in [0.3, 0.4) is 0 Å². The van der Waals surface area contributed by atoms with Gasteiger partial charge in [-0.25, -0.2) is 0 Å². The summed E-state index contributed by atoms with van der Waals surface area (Å²) >= 11 is 0. The fraction of sp³-hybridized carbons (Fsp3) is 0.714. The smallest absolute Gasteiger partial charge is 0.188 e. The highest BCUT2D eigenvalue weighted by Gasteiger charge is 2.57. The van der Waals surface area contributed by atoms with E-state index in [-0.39, 0.29) is 17.7 Å². The van der Waals surface area contributed by atoms with Gasteiger partial charge in [-0.3, -0.25) is 9.48 Å². The van der Waals surface area contributed by atoms with Gasteiger partial charge in [0.2, 0.25) is 0 Å². The van der Waals surface area contributed by atoms with Gasteiger partial charge in [-0.05, 0) is 38.5 Å². The highest BCUT2D eigenvalue weighted by molar-refractivity contribution is 6.01. The second kappa shape index (κ2) is 4.11. The first-order valence-corrected chi connectivity index (χ1v) is 6.81. The van der Waals surface area contributed by atoms with Gasteiger partial charge in [-0.2, -0.15) is 5.10 Å². The maximum atomic E-state index is 12.6. The molecule has 1 aromatic rings. The number of nitrogens with zero attached hydrogens (tertiary/aromatic N) is 2. The van der Waals surface area contributed by atoms with Gasteiger partial charge in [0.15, 0.2) is 11.5 Å². The molecule has 4 nitrogen and oxygen atoms in total. The van der Waals surface area contributed by atoms with Crippen LogP contribution in [0.4, 0.5) is 0 Å². The fourth-order valence-electron chi connectivity index (χ4n) is 3.49. The number of ether oxygens (including phenoxy) is 1. The lowest BCUT2D eigenvalue weighted by molar-refractivity contribution is 0.0935. The number of ketones is 1. The molecule has 0 spiro atoms. The molecule has 0 radical (unpaired) electrons. The second-order valence-corrected chi connectivity index (χ2v) is 5.75. The van der Waals surface area contributed by atoms with Gasteiger partial charge in [0.1, 0.15) is 5.69 Å². The van der Waals surface area contributed by atoms with Crippen molar-refractivity contribution in [2.24, 2.45) is 17.8 Å². The fourth-order valence-corrected chi connectivity index (χ4v) is 3.49. The monoisotopic (exact) mass is 248 g/mol. The number of hydrogen-bond acceptors (Lipinski definition) is 3. The Morgan fingerprint density at radius 2 is 2.11 bits per heavy atom. The highest BCUT2D eigenvalue weighted by atomic mass is 16.5. The van der Waals surface area contributed by atoms with Crippen molar-refractivity contribution in [2.75, 3.05) is 7.11 Å². The third-order valence-electron chi connectivity index (χ3n) is 4.41. The van der Waals surface area contributed by atoms with E-state index in [9.17, 15) is 4.79 Å². The third kappa shape index (κ3) is 1.58. The lowest BCUT2D eigenvalue weighted by atomic mass is 10.0. The lowest BCUT2D eigenvalue weighted by Crippen LogP contribution is -2.16. The molecular formula is C14H20N2O2. The van der Waals surface area contributed by atoms with Crippen LogP contribution in [0.25, 0.3) is 0 Å². The number of rotatable bonds is 4. The zero-order valence-corrected chi connectivity index (χ0v) is 11.2. The van der Waals surface area contributed by atoms with Gasteiger partial charge < -0.3 is 4.74 Å². The SMILES string of the molecule is COc1cnn(C(C)C)c1C(=O)C1C2CCCC21. The van der Waals surface area contributed by atoms with E-state index in [1.807, 2.05) is 13.8 Å². The summed E-state index contributed by atoms with van der Waals surface area (Å²) in [5, 5.41) is 4.28. The Kier molecular flexibility index (Phi) is 2.68. The highest BCUT2D eigenvalue weighted by Crippen LogP contribution is 2.58. The Labute approximate surface area is 107 Å². The first-order valence-electron chi connectivity index (χ1n) is 6.81. The Morgan fingerprint density at radius 1 is 1.44 bits per heavy atom. The predicted molar refractivity (Wildman–Crippen MR) is 67.8 cm³/mol. The summed E-state index contributed by atoms with van der Waals surface area (Å²) in [6.07, 6.45) is 5.39. The van der Waals surface area contributed by atoms with E-state index in [0.29, 0.717) is 23.3 Å². The minimum absolute atomic E-state index is 0.187. The van der Waals surface area contributed by atoms with E-state index in [2.05, 4.69) is 5.10 Å². The summed E-state index contributed by atoms with van der Waals surface area (Å²) in [5.41, 5.74) is 0.673. The molecule has 0 aliphatic heterocycles. The van der Waals surface area contributed by atoms with Crippen molar-refractivity contribution in [3.8, 4) is 5.75 Å². The van der Waals surface area contributed by atoms with Gasteiger partial charge in [0.05, 0.1) is 13.3 Å². The van der Waals surface area contributed by atoms with E-state index in [1.165, 1.54) is 19.3 Å². The van der Waals surface area contributed by atoms with Gasteiger partial charge in [0, 0.05) is 12.0 Å². The summed E-state index contributed by atoms with van der Waals surface area (Å²) in [6, 6.07) is 0.187. The maximum Gasteiger partial charge on any atom is 0.188 e. The molecule has 2 aliphatic rings. The summed E-state index contributed by atoms with van der Waals surface area (Å²) in [7, 11) is 1.60. The molecular weight excluding hydrogens is 228 g/mol. The van der Waals surface area contributed by atoms with Crippen LogP contribution in [-0.2, 0) is 0 Å². The first-order chi connectivity index (χ1) is 8.65. The van der Waals surface area contributed by atoms with Crippen molar-refractivity contribution in [1.29, 1.82) is 0 Å². The van der Waals surface area contributed by atoms with Crippen LogP contribution < -0.4 is 4.74 Å². The molecule has 4 heteroatoms. The molecule has 0 aromatic carbocycles. The van der Waals surface area contributed by atoms with Crippen LogP contribution in [0.1, 0.15) is 49.6 Å². The Bertz CT molecular complexity index is 468. The number of hydrogen-bond donors (Lipinski definition) is 0. The van der Waals surface area contributed by atoms with Crippen LogP contribution >= 0.6 is 0 Å². The number of aromatic nitrogens is 2. The second-order valence-electron chi connectivity index (χ2n) is 5.75. The molecule has 2 fully saturated rings. The first kappa shape index (κ1) is 11.8. The van der Waals surface area contributed by atoms with Crippen molar-refractivity contribution in [3.63, 3.8) is 0 Å². The molecule has 0 amide bonds. The average molecular weight is 248 g/mol. The Balaban J connectivity index is 1.91. The van der Waals surface area contributed by atoms with Gasteiger partial charge in [0.25, 0.3) is 0 Å². The van der Waals surface area contributed by atoms with Crippen molar-refractivity contribution in [2.45, 2.75) is 39.2 Å². The van der Waals surface area contributed by atoms with E-state index >= 15 is 0 Å². The Hall–Kier alpha value is -1.32. The number of fused-ring (bicyclic) bond motifs is 1. The van der Waals surface area contributed by atoms with E-state index < -0.39 is 0 Å². The largest absolute Gasteiger partial charge is 0.493 e. The molecule has 98 valence electrons.